The number of esters is 2. The second-order valence-electron chi connectivity index (χ2n) is 3.61. The molecule has 0 bridgehead atoms. The number of ether oxygens (including phenoxy) is 2. The molecule has 0 radical (unpaired) electrons. The molecule has 0 rings (SSSR count). The first kappa shape index (κ1) is 15.5. The molecular weight excluding hydrogens is 222 g/mol. The van der Waals surface area contributed by atoms with Gasteiger partial charge < -0.3 is 15.2 Å². The van der Waals surface area contributed by atoms with Gasteiger partial charge in [-0.25, -0.2) is 9.59 Å². The molecule has 0 amide bonds. The molecule has 5 heteroatoms. The Hall–Kier alpha value is -1.52. The van der Waals surface area contributed by atoms with Crippen molar-refractivity contribution in [3.05, 3.63) is 11.8 Å². The SMILES string of the molecule is CCCCOC(=O)/C=C(/N)C(=O)OCCCC. The average molecular weight is 243 g/mol. The molecule has 0 spiro atoms. The fourth-order valence-electron chi connectivity index (χ4n) is 0.937. The Morgan fingerprint density at radius 3 is 2.12 bits per heavy atom. The quantitative estimate of drug-likeness (QED) is 0.397. The zero-order valence-electron chi connectivity index (χ0n) is 10.5. The van der Waals surface area contributed by atoms with Gasteiger partial charge in [-0.3, -0.25) is 0 Å². The first-order valence-corrected chi connectivity index (χ1v) is 5.92. The normalized spacial score (nSPS) is 11.1. The van der Waals surface area contributed by atoms with Gasteiger partial charge >= 0.3 is 11.9 Å². The van der Waals surface area contributed by atoms with Gasteiger partial charge in [0.15, 0.2) is 0 Å². The first-order valence-electron chi connectivity index (χ1n) is 5.92. The van der Waals surface area contributed by atoms with Gasteiger partial charge in [0, 0.05) is 0 Å². The Kier molecular flexibility index (Phi) is 8.82. The lowest BCUT2D eigenvalue weighted by atomic mass is 10.3. The summed E-state index contributed by atoms with van der Waals surface area (Å²) in [7, 11) is 0. The molecule has 17 heavy (non-hydrogen) atoms. The van der Waals surface area contributed by atoms with Crippen LogP contribution in [0.4, 0.5) is 0 Å². The summed E-state index contributed by atoms with van der Waals surface area (Å²) in [5.41, 5.74) is 5.17. The first-order chi connectivity index (χ1) is 8.11. The topological polar surface area (TPSA) is 78.6 Å². The Bertz CT molecular complexity index is 274. The summed E-state index contributed by atoms with van der Waals surface area (Å²) in [6.45, 7) is 4.63. The van der Waals surface area contributed by atoms with Crippen molar-refractivity contribution in [2.75, 3.05) is 13.2 Å². The van der Waals surface area contributed by atoms with E-state index in [1.54, 1.807) is 0 Å². The molecule has 0 aliphatic rings. The van der Waals surface area contributed by atoms with Crippen LogP contribution in [0.15, 0.2) is 11.8 Å². The van der Waals surface area contributed by atoms with E-state index in [1.165, 1.54) is 0 Å². The van der Waals surface area contributed by atoms with Gasteiger partial charge in [-0.1, -0.05) is 26.7 Å². The van der Waals surface area contributed by atoms with Gasteiger partial charge in [-0.2, -0.15) is 0 Å². The van der Waals surface area contributed by atoms with E-state index in [0.29, 0.717) is 13.2 Å². The zero-order valence-corrected chi connectivity index (χ0v) is 10.5. The summed E-state index contributed by atoms with van der Waals surface area (Å²) in [5.74, 6) is -1.28. The number of hydrogen-bond acceptors (Lipinski definition) is 5. The smallest absolute Gasteiger partial charge is 0.354 e. The van der Waals surface area contributed by atoms with E-state index in [2.05, 4.69) is 0 Å². The molecule has 0 saturated heterocycles. The maximum atomic E-state index is 11.3. The van der Waals surface area contributed by atoms with Gasteiger partial charge in [-0.15, -0.1) is 0 Å². The average Bonchev–Trinajstić information content (AvgIpc) is 2.29. The molecular formula is C12H21NO4. The second-order valence-corrected chi connectivity index (χ2v) is 3.61. The van der Waals surface area contributed by atoms with Crippen LogP contribution in [0, 0.1) is 0 Å². The zero-order chi connectivity index (χ0) is 13.1. The number of hydrogen-bond donors (Lipinski definition) is 1. The van der Waals surface area contributed by atoms with Gasteiger partial charge in [-0.05, 0) is 12.8 Å². The maximum Gasteiger partial charge on any atom is 0.354 e. The second kappa shape index (κ2) is 9.69. The molecule has 0 heterocycles. The molecule has 5 nitrogen and oxygen atoms in total. The fourth-order valence-corrected chi connectivity index (χ4v) is 0.937. The van der Waals surface area contributed by atoms with E-state index in [4.69, 9.17) is 15.2 Å². The van der Waals surface area contributed by atoms with E-state index in [9.17, 15) is 9.59 Å². The number of unbranched alkanes of at least 4 members (excludes halogenated alkanes) is 2. The molecule has 98 valence electrons. The third kappa shape index (κ3) is 8.30. The number of nitrogens with two attached hydrogens (primary N) is 1. The van der Waals surface area contributed by atoms with Gasteiger partial charge in [0.1, 0.15) is 5.70 Å². The van der Waals surface area contributed by atoms with E-state index in [0.717, 1.165) is 31.8 Å². The van der Waals surface area contributed by atoms with E-state index >= 15 is 0 Å². The molecule has 0 aromatic heterocycles. The number of rotatable bonds is 8. The Morgan fingerprint density at radius 2 is 1.59 bits per heavy atom. The molecule has 0 atom stereocenters. The minimum Gasteiger partial charge on any atom is -0.462 e. The highest BCUT2D eigenvalue weighted by molar-refractivity contribution is 5.95. The standard InChI is InChI=1S/C12H21NO4/c1-3-5-7-16-11(14)9-10(13)12(15)17-8-6-4-2/h9H,3-8,13H2,1-2H3/b10-9+. The summed E-state index contributed by atoms with van der Waals surface area (Å²) in [6, 6.07) is 0. The highest BCUT2D eigenvalue weighted by Gasteiger charge is 2.09. The van der Waals surface area contributed by atoms with Crippen LogP contribution in [0.3, 0.4) is 0 Å². The van der Waals surface area contributed by atoms with Gasteiger partial charge in [0.2, 0.25) is 0 Å². The number of carbonyl (C=O) groups excluding carboxylic acids is 2. The summed E-state index contributed by atoms with van der Waals surface area (Å²) in [4.78, 5) is 22.4. The van der Waals surface area contributed by atoms with Crippen LogP contribution in [0.1, 0.15) is 39.5 Å². The predicted octanol–water partition coefficient (Wildman–Crippen LogP) is 1.52. The van der Waals surface area contributed by atoms with Crippen LogP contribution in [-0.4, -0.2) is 25.2 Å². The lowest BCUT2D eigenvalue weighted by Crippen LogP contribution is -2.17. The van der Waals surface area contributed by atoms with E-state index in [1.807, 2.05) is 13.8 Å². The highest BCUT2D eigenvalue weighted by atomic mass is 16.5. The van der Waals surface area contributed by atoms with E-state index < -0.39 is 11.9 Å². The predicted molar refractivity (Wildman–Crippen MR) is 64.0 cm³/mol. The molecule has 0 unspecified atom stereocenters. The molecule has 0 aromatic rings. The Labute approximate surface area is 102 Å². The largest absolute Gasteiger partial charge is 0.462 e. The monoisotopic (exact) mass is 243 g/mol. The molecule has 0 fully saturated rings. The van der Waals surface area contributed by atoms with Crippen LogP contribution in [0.5, 0.6) is 0 Å². The maximum absolute atomic E-state index is 11.3. The van der Waals surface area contributed by atoms with Crippen molar-refractivity contribution in [2.45, 2.75) is 39.5 Å². The fraction of sp³-hybridized carbons (Fsp3) is 0.667. The third-order valence-corrected chi connectivity index (χ3v) is 1.98. The third-order valence-electron chi connectivity index (χ3n) is 1.98. The van der Waals surface area contributed by atoms with E-state index in [-0.39, 0.29) is 5.70 Å². The minimum atomic E-state index is -0.675. The van der Waals surface area contributed by atoms with Crippen molar-refractivity contribution in [2.24, 2.45) is 5.73 Å². The lowest BCUT2D eigenvalue weighted by Gasteiger charge is -2.04. The van der Waals surface area contributed by atoms with Crippen molar-refractivity contribution >= 4 is 11.9 Å². The van der Waals surface area contributed by atoms with Crippen LogP contribution < -0.4 is 5.73 Å². The summed E-state index contributed by atoms with van der Waals surface area (Å²) in [5, 5.41) is 0. The van der Waals surface area contributed by atoms with Crippen molar-refractivity contribution in [3.63, 3.8) is 0 Å². The molecule has 0 aromatic carbocycles. The molecule has 0 aliphatic carbocycles. The molecule has 0 aliphatic heterocycles. The van der Waals surface area contributed by atoms with Crippen molar-refractivity contribution < 1.29 is 19.1 Å². The van der Waals surface area contributed by atoms with Crippen molar-refractivity contribution in [1.29, 1.82) is 0 Å². The molecule has 0 saturated carbocycles. The Balaban J connectivity index is 3.96. The van der Waals surface area contributed by atoms with Gasteiger partial charge in [0.25, 0.3) is 0 Å². The van der Waals surface area contributed by atoms with Gasteiger partial charge in [0.05, 0.1) is 19.3 Å². The number of carbonyl (C=O) groups is 2. The van der Waals surface area contributed by atoms with Crippen LogP contribution >= 0.6 is 0 Å². The van der Waals surface area contributed by atoms with Crippen LogP contribution in [0.25, 0.3) is 0 Å². The minimum absolute atomic E-state index is 0.220. The summed E-state index contributed by atoms with van der Waals surface area (Å²) in [6.07, 6.45) is 4.39. The van der Waals surface area contributed by atoms with Crippen LogP contribution in [-0.2, 0) is 19.1 Å². The highest BCUT2D eigenvalue weighted by Crippen LogP contribution is 1.96. The van der Waals surface area contributed by atoms with Crippen molar-refractivity contribution in [3.8, 4) is 0 Å². The lowest BCUT2D eigenvalue weighted by molar-refractivity contribution is -0.141. The summed E-state index contributed by atoms with van der Waals surface area (Å²) >= 11 is 0. The van der Waals surface area contributed by atoms with Crippen molar-refractivity contribution in [1.82, 2.24) is 0 Å². The molecule has 2 N–H and O–H groups in total. The summed E-state index contributed by atoms with van der Waals surface area (Å²) < 4.78 is 9.66. The Morgan fingerprint density at radius 1 is 1.06 bits per heavy atom. The van der Waals surface area contributed by atoms with Crippen LogP contribution in [0.2, 0.25) is 0 Å².